The summed E-state index contributed by atoms with van der Waals surface area (Å²) < 4.78 is 10.8. The van der Waals surface area contributed by atoms with E-state index in [-0.39, 0.29) is 21.3 Å². The molecule has 1 aromatic heterocycles. The van der Waals surface area contributed by atoms with Crippen LogP contribution < -0.4 is 9.64 Å². The maximum atomic E-state index is 13.3. The van der Waals surface area contributed by atoms with Crippen molar-refractivity contribution < 1.29 is 38.9 Å². The van der Waals surface area contributed by atoms with Crippen LogP contribution in [0.4, 0.5) is 5.13 Å². The first-order valence-electron chi connectivity index (χ1n) is 11.4. The smallest absolute Gasteiger partial charge is 0.350 e. The van der Waals surface area contributed by atoms with Crippen LogP contribution in [0.25, 0.3) is 5.76 Å². The minimum atomic E-state index is -0.967. The number of ketones is 1. The van der Waals surface area contributed by atoms with Gasteiger partial charge in [-0.2, -0.15) is 0 Å². The van der Waals surface area contributed by atoms with E-state index in [4.69, 9.17) is 19.4 Å². The van der Waals surface area contributed by atoms with Gasteiger partial charge >= 0.3 is 11.9 Å². The molecule has 1 amide bonds. The zero-order valence-electron chi connectivity index (χ0n) is 21.6. The van der Waals surface area contributed by atoms with Crippen LogP contribution in [-0.4, -0.2) is 53.0 Å². The molecule has 1 aliphatic rings. The van der Waals surface area contributed by atoms with Gasteiger partial charge in [-0.05, 0) is 55.3 Å². The lowest BCUT2D eigenvalue weighted by Crippen LogP contribution is -2.29. The van der Waals surface area contributed by atoms with E-state index in [0.29, 0.717) is 22.6 Å². The number of aryl methyl sites for hydroxylation is 2. The first kappa shape index (κ1) is 29.5. The Morgan fingerprint density at radius 3 is 2.31 bits per heavy atom. The van der Waals surface area contributed by atoms with Gasteiger partial charge in [0.2, 0.25) is 0 Å². The fourth-order valence-electron chi connectivity index (χ4n) is 3.97. The van der Waals surface area contributed by atoms with Crippen molar-refractivity contribution in [1.29, 1.82) is 0 Å². The molecule has 2 N–H and O–H groups in total. The number of carbonyl (C=O) groups is 4. The molecule has 1 fully saturated rings. The number of aliphatic hydroxyl groups is 1. The second kappa shape index (κ2) is 12.2. The number of carboxylic acid groups (broad SMARTS) is 1. The van der Waals surface area contributed by atoms with Crippen molar-refractivity contribution >= 4 is 61.8 Å². The molecule has 0 spiro atoms. The number of halogens is 1. The number of thiazole rings is 1. The molecule has 204 valence electrons. The lowest BCUT2D eigenvalue weighted by molar-refractivity contribution is -0.134. The van der Waals surface area contributed by atoms with E-state index < -0.39 is 29.7 Å². The Bertz CT molecular complexity index is 1490. The van der Waals surface area contributed by atoms with E-state index in [1.807, 2.05) is 13.0 Å². The van der Waals surface area contributed by atoms with Crippen LogP contribution in [0.1, 0.15) is 45.0 Å². The molecule has 39 heavy (non-hydrogen) atoms. The average molecular weight is 617 g/mol. The maximum absolute atomic E-state index is 13.3. The molecule has 0 aliphatic carbocycles. The molecule has 0 saturated carbocycles. The molecule has 10 nitrogen and oxygen atoms in total. The van der Waals surface area contributed by atoms with Crippen LogP contribution in [-0.2, 0) is 19.1 Å². The van der Waals surface area contributed by atoms with Crippen molar-refractivity contribution in [3.63, 3.8) is 0 Å². The summed E-state index contributed by atoms with van der Waals surface area (Å²) in [4.78, 5) is 53.6. The van der Waals surface area contributed by atoms with Gasteiger partial charge in [0.1, 0.15) is 16.4 Å². The predicted molar refractivity (Wildman–Crippen MR) is 148 cm³/mol. The fraction of sp³-hybridized carbons (Fsp3) is 0.222. The predicted octanol–water partition coefficient (Wildman–Crippen LogP) is 5.03. The SMILES string of the molecule is CC(=O)O.COC(=O)c1sc(N2C(=O)C(=O)/C(=C(/O)c3ccc(OC)c(C)c3)C2c2cccc(Br)c2)nc1C. The summed E-state index contributed by atoms with van der Waals surface area (Å²) in [5.41, 5.74) is 2.00. The van der Waals surface area contributed by atoms with Crippen molar-refractivity contribution in [1.82, 2.24) is 4.98 Å². The van der Waals surface area contributed by atoms with Gasteiger partial charge in [-0.3, -0.25) is 19.3 Å². The quantitative estimate of drug-likeness (QED) is 0.174. The Hall–Kier alpha value is -4.03. The minimum Gasteiger partial charge on any atom is -0.507 e. The standard InChI is InChI=1S/C25H21BrN2O6S.C2H4O2/c1-12-10-15(8-9-17(12)33-3)20(29)18-19(14-6-5-7-16(26)11-14)28(23(31)21(18)30)25-27-13(2)22(35-25)24(32)34-4;1-2(3)4/h5-11,19,29H,1-4H3;1H3,(H,3,4)/b20-18+;. The summed E-state index contributed by atoms with van der Waals surface area (Å²) in [7, 11) is 2.80. The summed E-state index contributed by atoms with van der Waals surface area (Å²) in [6, 6.07) is 11.1. The Balaban J connectivity index is 0.000000983. The second-order valence-electron chi connectivity index (χ2n) is 8.33. The Morgan fingerprint density at radius 2 is 1.74 bits per heavy atom. The van der Waals surface area contributed by atoms with Crippen molar-refractivity contribution in [3.8, 4) is 5.75 Å². The Labute approximate surface area is 236 Å². The number of hydrogen-bond donors (Lipinski definition) is 2. The number of benzene rings is 2. The van der Waals surface area contributed by atoms with Gasteiger partial charge in [-0.25, -0.2) is 9.78 Å². The molecule has 3 aromatic rings. The first-order chi connectivity index (χ1) is 18.4. The molecule has 0 radical (unpaired) electrons. The van der Waals surface area contributed by atoms with Crippen molar-refractivity contribution in [2.45, 2.75) is 26.8 Å². The number of methoxy groups -OCH3 is 2. The van der Waals surface area contributed by atoms with Crippen molar-refractivity contribution in [2.75, 3.05) is 19.1 Å². The lowest BCUT2D eigenvalue weighted by atomic mass is 9.95. The average Bonchev–Trinajstić information content (AvgIpc) is 3.39. The number of nitrogens with zero attached hydrogens (tertiary/aromatic N) is 2. The number of anilines is 1. The van der Waals surface area contributed by atoms with Crippen LogP contribution in [0, 0.1) is 13.8 Å². The molecule has 1 saturated heterocycles. The van der Waals surface area contributed by atoms with Crippen LogP contribution in [0.3, 0.4) is 0 Å². The topological polar surface area (TPSA) is 143 Å². The summed E-state index contributed by atoms with van der Waals surface area (Å²) >= 11 is 4.38. The number of amides is 1. The third kappa shape index (κ3) is 6.18. The molecule has 1 atom stereocenters. The molecule has 2 aromatic carbocycles. The van der Waals surface area contributed by atoms with E-state index in [1.165, 1.54) is 12.0 Å². The van der Waals surface area contributed by atoms with Gasteiger partial charge in [0.05, 0.1) is 31.5 Å². The number of hydrogen-bond acceptors (Lipinski definition) is 9. The van der Waals surface area contributed by atoms with Crippen molar-refractivity contribution in [3.05, 3.63) is 79.8 Å². The van der Waals surface area contributed by atoms with E-state index in [1.54, 1.807) is 50.4 Å². The van der Waals surface area contributed by atoms with E-state index in [9.17, 15) is 19.5 Å². The number of esters is 1. The second-order valence-corrected chi connectivity index (χ2v) is 10.2. The minimum absolute atomic E-state index is 0.0786. The number of Topliss-reactive ketones (excluding diaryl/α,β-unsaturated/α-hetero) is 1. The molecule has 1 aliphatic heterocycles. The number of rotatable bonds is 5. The van der Waals surface area contributed by atoms with Gasteiger partial charge < -0.3 is 19.7 Å². The van der Waals surface area contributed by atoms with Crippen LogP contribution in [0.15, 0.2) is 52.5 Å². The molecular weight excluding hydrogens is 592 g/mol. The first-order valence-corrected chi connectivity index (χ1v) is 13.0. The molecule has 0 bridgehead atoms. The number of carboxylic acids is 1. The molecular formula is C27H25BrN2O8S. The largest absolute Gasteiger partial charge is 0.507 e. The number of carbonyl (C=O) groups excluding carboxylic acids is 3. The zero-order chi connectivity index (χ0) is 29.0. The summed E-state index contributed by atoms with van der Waals surface area (Å²) in [5, 5.41) is 18.9. The van der Waals surface area contributed by atoms with Gasteiger partial charge in [0, 0.05) is 17.0 Å². The van der Waals surface area contributed by atoms with Gasteiger partial charge in [0.15, 0.2) is 5.13 Å². The molecule has 1 unspecified atom stereocenters. The zero-order valence-corrected chi connectivity index (χ0v) is 24.0. The van der Waals surface area contributed by atoms with E-state index in [0.717, 1.165) is 28.3 Å². The number of aromatic nitrogens is 1. The van der Waals surface area contributed by atoms with Crippen LogP contribution in [0.2, 0.25) is 0 Å². The highest BCUT2D eigenvalue weighted by molar-refractivity contribution is 9.10. The van der Waals surface area contributed by atoms with Gasteiger partial charge in [0.25, 0.3) is 11.8 Å². The van der Waals surface area contributed by atoms with E-state index in [2.05, 4.69) is 20.9 Å². The highest BCUT2D eigenvalue weighted by atomic mass is 79.9. The third-order valence-corrected chi connectivity index (χ3v) is 7.27. The van der Waals surface area contributed by atoms with Gasteiger partial charge in [-0.15, -0.1) is 0 Å². The molecule has 2 heterocycles. The van der Waals surface area contributed by atoms with E-state index >= 15 is 0 Å². The maximum Gasteiger partial charge on any atom is 0.350 e. The van der Waals surface area contributed by atoms with Gasteiger partial charge in [-0.1, -0.05) is 39.4 Å². The van der Waals surface area contributed by atoms with Crippen LogP contribution >= 0.6 is 27.3 Å². The number of ether oxygens (including phenoxy) is 2. The fourth-order valence-corrected chi connectivity index (χ4v) is 5.40. The molecule has 12 heteroatoms. The summed E-state index contributed by atoms with van der Waals surface area (Å²) in [6.45, 7) is 4.52. The number of aliphatic hydroxyl groups excluding tert-OH is 1. The third-order valence-electron chi connectivity index (χ3n) is 5.64. The van der Waals surface area contributed by atoms with Crippen molar-refractivity contribution in [2.24, 2.45) is 0 Å². The molecule has 4 rings (SSSR count). The highest BCUT2D eigenvalue weighted by Gasteiger charge is 2.48. The normalized spacial score (nSPS) is 15.9. The Kier molecular flexibility index (Phi) is 9.25. The summed E-state index contributed by atoms with van der Waals surface area (Å²) in [5.74, 6) is -2.82. The Morgan fingerprint density at radius 1 is 1.08 bits per heavy atom. The monoisotopic (exact) mass is 616 g/mol. The highest BCUT2D eigenvalue weighted by Crippen LogP contribution is 2.44. The van der Waals surface area contributed by atoms with Crippen LogP contribution in [0.5, 0.6) is 5.75 Å². The number of aliphatic carboxylic acids is 1. The lowest BCUT2D eigenvalue weighted by Gasteiger charge is -2.23. The summed E-state index contributed by atoms with van der Waals surface area (Å²) in [6.07, 6.45) is 0.